The van der Waals surface area contributed by atoms with Crippen LogP contribution in [0.5, 0.6) is 0 Å². The molecule has 144 valence electrons. The molecule has 0 saturated carbocycles. The molecule has 3 aliphatic rings. The fourth-order valence-corrected chi connectivity index (χ4v) is 4.65. The van der Waals surface area contributed by atoms with Crippen LogP contribution in [0, 0.1) is 5.92 Å². The Morgan fingerprint density at radius 2 is 1.52 bits per heavy atom. The average Bonchev–Trinajstić information content (AvgIpc) is 2.66. The van der Waals surface area contributed by atoms with Crippen molar-refractivity contribution in [1.29, 1.82) is 0 Å². The molecule has 25 heavy (non-hydrogen) atoms. The van der Waals surface area contributed by atoms with Crippen molar-refractivity contribution in [3.63, 3.8) is 0 Å². The molecule has 3 rings (SSSR count). The number of hydrogen-bond acceptors (Lipinski definition) is 5. The van der Waals surface area contributed by atoms with Crippen LogP contribution in [-0.2, 0) is 4.79 Å². The highest BCUT2D eigenvalue weighted by molar-refractivity contribution is 5.66. The number of piperidine rings is 2. The van der Waals surface area contributed by atoms with E-state index >= 15 is 0 Å². The monoisotopic (exact) mass is 352 g/mol. The third-order valence-electron chi connectivity index (χ3n) is 6.43. The van der Waals surface area contributed by atoms with Crippen molar-refractivity contribution in [3.8, 4) is 0 Å². The van der Waals surface area contributed by atoms with Crippen LogP contribution in [0.1, 0.15) is 38.5 Å². The van der Waals surface area contributed by atoms with Gasteiger partial charge in [0.05, 0.1) is 6.42 Å². The second-order valence-corrected chi connectivity index (χ2v) is 8.08. The molecular formula is C19H36N4O2. The lowest BCUT2D eigenvalue weighted by molar-refractivity contribution is -0.137. The van der Waals surface area contributed by atoms with Crippen LogP contribution < -0.4 is 5.32 Å². The molecule has 0 amide bonds. The van der Waals surface area contributed by atoms with E-state index in [-0.39, 0.29) is 6.42 Å². The molecule has 0 aromatic heterocycles. The summed E-state index contributed by atoms with van der Waals surface area (Å²) in [6.07, 6.45) is 6.79. The lowest BCUT2D eigenvalue weighted by Gasteiger charge is -2.43. The predicted molar refractivity (Wildman–Crippen MR) is 99.9 cm³/mol. The number of hydrogen-bond donors (Lipinski definition) is 2. The summed E-state index contributed by atoms with van der Waals surface area (Å²) in [6, 6.07) is 0.715. The lowest BCUT2D eigenvalue weighted by atomic mass is 9.94. The molecule has 6 heteroatoms. The third-order valence-corrected chi connectivity index (χ3v) is 6.43. The van der Waals surface area contributed by atoms with E-state index in [2.05, 4.69) is 20.0 Å². The largest absolute Gasteiger partial charge is 0.481 e. The van der Waals surface area contributed by atoms with E-state index in [9.17, 15) is 4.79 Å². The third kappa shape index (κ3) is 6.20. The summed E-state index contributed by atoms with van der Waals surface area (Å²) >= 11 is 0. The van der Waals surface area contributed by atoms with Gasteiger partial charge in [0, 0.05) is 38.8 Å². The second kappa shape index (κ2) is 9.86. The fraction of sp³-hybridized carbons (Fsp3) is 0.947. The normalized spacial score (nSPS) is 26.1. The SMILES string of the molecule is O=C(O)CCN1CCC(N2CCN(CCC3CCNCC3)CC2)CC1. The van der Waals surface area contributed by atoms with Gasteiger partial charge in [-0.2, -0.15) is 0 Å². The molecular weight excluding hydrogens is 316 g/mol. The van der Waals surface area contributed by atoms with E-state index in [4.69, 9.17) is 5.11 Å². The zero-order valence-corrected chi connectivity index (χ0v) is 15.7. The van der Waals surface area contributed by atoms with Crippen LogP contribution in [0.2, 0.25) is 0 Å². The average molecular weight is 353 g/mol. The summed E-state index contributed by atoms with van der Waals surface area (Å²) in [6.45, 7) is 11.4. The summed E-state index contributed by atoms with van der Waals surface area (Å²) in [7, 11) is 0. The van der Waals surface area contributed by atoms with E-state index in [1.807, 2.05) is 0 Å². The molecule has 2 N–H and O–H groups in total. The first-order valence-electron chi connectivity index (χ1n) is 10.3. The zero-order valence-electron chi connectivity index (χ0n) is 15.7. The van der Waals surface area contributed by atoms with Gasteiger partial charge >= 0.3 is 5.97 Å². The summed E-state index contributed by atoms with van der Waals surface area (Å²) < 4.78 is 0. The Hall–Kier alpha value is -0.690. The minimum absolute atomic E-state index is 0.278. The lowest BCUT2D eigenvalue weighted by Crippen LogP contribution is -2.53. The van der Waals surface area contributed by atoms with Crippen LogP contribution >= 0.6 is 0 Å². The molecule has 6 nitrogen and oxygen atoms in total. The van der Waals surface area contributed by atoms with E-state index in [1.54, 1.807) is 0 Å². The smallest absolute Gasteiger partial charge is 0.304 e. The van der Waals surface area contributed by atoms with Crippen molar-refractivity contribution < 1.29 is 9.90 Å². The highest BCUT2D eigenvalue weighted by Gasteiger charge is 2.27. The summed E-state index contributed by atoms with van der Waals surface area (Å²) in [4.78, 5) is 18.4. The molecule has 0 atom stereocenters. The van der Waals surface area contributed by atoms with E-state index in [0.717, 1.165) is 19.0 Å². The van der Waals surface area contributed by atoms with Crippen molar-refractivity contribution in [2.75, 3.05) is 65.4 Å². The molecule has 3 aliphatic heterocycles. The van der Waals surface area contributed by atoms with Gasteiger partial charge in [0.25, 0.3) is 0 Å². The zero-order chi connectivity index (χ0) is 17.5. The molecule has 3 saturated heterocycles. The number of nitrogens with zero attached hydrogens (tertiary/aromatic N) is 3. The molecule has 0 unspecified atom stereocenters. The van der Waals surface area contributed by atoms with Crippen LogP contribution in [0.3, 0.4) is 0 Å². The Kier molecular flexibility index (Phi) is 7.52. The summed E-state index contributed by atoms with van der Waals surface area (Å²) in [5, 5.41) is 12.3. The van der Waals surface area contributed by atoms with Crippen LogP contribution in [0.25, 0.3) is 0 Å². The van der Waals surface area contributed by atoms with Crippen LogP contribution in [0.15, 0.2) is 0 Å². The maximum absolute atomic E-state index is 10.7. The second-order valence-electron chi connectivity index (χ2n) is 8.08. The van der Waals surface area contributed by atoms with Gasteiger partial charge in [-0.15, -0.1) is 0 Å². The van der Waals surface area contributed by atoms with Crippen molar-refractivity contribution in [1.82, 2.24) is 20.0 Å². The molecule has 0 aromatic carbocycles. The Morgan fingerprint density at radius 3 is 2.16 bits per heavy atom. The van der Waals surface area contributed by atoms with Gasteiger partial charge in [-0.05, 0) is 70.7 Å². The first-order chi connectivity index (χ1) is 12.2. The Bertz CT molecular complexity index is 398. The van der Waals surface area contributed by atoms with E-state index in [1.165, 1.54) is 77.9 Å². The van der Waals surface area contributed by atoms with Gasteiger partial charge in [-0.25, -0.2) is 0 Å². The number of carboxylic acid groups (broad SMARTS) is 1. The standard InChI is InChI=1S/C19H36N4O2/c24-19(25)6-12-21-10-4-18(5-11-21)23-15-13-22(14-16-23)9-3-17-1-7-20-8-2-17/h17-18,20H,1-16H2,(H,24,25). The molecule has 0 aromatic rings. The van der Waals surface area contributed by atoms with Crippen LogP contribution in [-0.4, -0.2) is 97.3 Å². The number of aliphatic carboxylic acids is 1. The van der Waals surface area contributed by atoms with Gasteiger partial charge in [0.15, 0.2) is 0 Å². The van der Waals surface area contributed by atoms with Crippen LogP contribution in [0.4, 0.5) is 0 Å². The van der Waals surface area contributed by atoms with Crippen molar-refractivity contribution in [3.05, 3.63) is 0 Å². The fourth-order valence-electron chi connectivity index (χ4n) is 4.65. The Balaban J connectivity index is 1.29. The predicted octanol–water partition coefficient (Wildman–Crippen LogP) is 0.933. The Morgan fingerprint density at radius 1 is 0.880 bits per heavy atom. The van der Waals surface area contributed by atoms with Crippen molar-refractivity contribution >= 4 is 5.97 Å². The number of rotatable bonds is 7. The maximum atomic E-state index is 10.7. The molecule has 0 radical (unpaired) electrons. The van der Waals surface area contributed by atoms with Crippen molar-refractivity contribution in [2.24, 2.45) is 5.92 Å². The highest BCUT2D eigenvalue weighted by atomic mass is 16.4. The topological polar surface area (TPSA) is 59.1 Å². The first-order valence-corrected chi connectivity index (χ1v) is 10.3. The quantitative estimate of drug-likeness (QED) is 0.711. The van der Waals surface area contributed by atoms with E-state index < -0.39 is 5.97 Å². The van der Waals surface area contributed by atoms with Gasteiger partial charge in [-0.3, -0.25) is 9.69 Å². The summed E-state index contributed by atoms with van der Waals surface area (Å²) in [5.41, 5.74) is 0. The van der Waals surface area contributed by atoms with E-state index in [0.29, 0.717) is 12.6 Å². The number of carboxylic acids is 1. The van der Waals surface area contributed by atoms with Gasteiger partial charge < -0.3 is 20.2 Å². The molecule has 0 spiro atoms. The number of carbonyl (C=O) groups is 1. The van der Waals surface area contributed by atoms with Gasteiger partial charge in [0.2, 0.25) is 0 Å². The van der Waals surface area contributed by atoms with Gasteiger partial charge in [-0.1, -0.05) is 0 Å². The first kappa shape index (κ1) is 19.1. The minimum Gasteiger partial charge on any atom is -0.481 e. The molecule has 3 heterocycles. The summed E-state index contributed by atoms with van der Waals surface area (Å²) in [5.74, 6) is 0.261. The highest BCUT2D eigenvalue weighted by Crippen LogP contribution is 2.20. The molecule has 0 bridgehead atoms. The number of piperazine rings is 1. The van der Waals surface area contributed by atoms with Crippen molar-refractivity contribution in [2.45, 2.75) is 44.6 Å². The molecule has 3 fully saturated rings. The number of nitrogens with one attached hydrogen (secondary N) is 1. The van der Waals surface area contributed by atoms with Gasteiger partial charge in [0.1, 0.15) is 0 Å². The molecule has 0 aliphatic carbocycles. The minimum atomic E-state index is -0.678. The maximum Gasteiger partial charge on any atom is 0.304 e. The Labute approximate surface area is 152 Å². The number of likely N-dealkylation sites (tertiary alicyclic amines) is 1.